The third kappa shape index (κ3) is 6.03. The quantitative estimate of drug-likeness (QED) is 0.683. The van der Waals surface area contributed by atoms with Crippen molar-refractivity contribution in [3.05, 3.63) is 58.6 Å². The SMILES string of the molecule is C[NH+](CC(=O)Nc1ccc(C#N)cc1)CC(=O)Nc1ccccc1Br. The first-order valence-corrected chi connectivity index (χ1v) is 8.43. The van der Waals surface area contributed by atoms with E-state index < -0.39 is 0 Å². The third-order valence-corrected chi connectivity index (χ3v) is 4.06. The second-order valence-electron chi connectivity index (χ2n) is 5.58. The van der Waals surface area contributed by atoms with Crippen LogP contribution in [-0.4, -0.2) is 32.0 Å². The largest absolute Gasteiger partial charge is 0.322 e. The molecule has 2 aromatic rings. The summed E-state index contributed by atoms with van der Waals surface area (Å²) in [5.74, 6) is -0.369. The number of para-hydroxylation sites is 1. The molecule has 1 atom stereocenters. The Morgan fingerprint density at radius 2 is 1.64 bits per heavy atom. The van der Waals surface area contributed by atoms with Crippen LogP contribution in [0.25, 0.3) is 0 Å². The predicted octanol–water partition coefficient (Wildman–Crippen LogP) is 1.41. The van der Waals surface area contributed by atoms with E-state index in [1.165, 1.54) is 0 Å². The lowest BCUT2D eigenvalue weighted by Crippen LogP contribution is -3.11. The number of hydrogen-bond acceptors (Lipinski definition) is 3. The first-order valence-electron chi connectivity index (χ1n) is 7.63. The number of nitrogens with one attached hydrogen (secondary N) is 3. The van der Waals surface area contributed by atoms with E-state index in [0.717, 1.165) is 9.37 Å². The van der Waals surface area contributed by atoms with Gasteiger partial charge in [-0.2, -0.15) is 5.26 Å². The average Bonchev–Trinajstić information content (AvgIpc) is 2.57. The fourth-order valence-corrected chi connectivity index (χ4v) is 2.58. The number of rotatable bonds is 6. The molecule has 1 unspecified atom stereocenters. The molecule has 25 heavy (non-hydrogen) atoms. The van der Waals surface area contributed by atoms with E-state index in [1.807, 2.05) is 24.3 Å². The van der Waals surface area contributed by atoms with Gasteiger partial charge in [-0.25, -0.2) is 0 Å². The zero-order valence-corrected chi connectivity index (χ0v) is 15.3. The first-order chi connectivity index (χ1) is 12.0. The van der Waals surface area contributed by atoms with Crippen molar-refractivity contribution in [3.63, 3.8) is 0 Å². The Bertz CT molecular complexity index is 799. The van der Waals surface area contributed by atoms with E-state index in [0.29, 0.717) is 16.9 Å². The standard InChI is InChI=1S/C18H17BrN4O2/c1-23(12-18(25)22-16-5-3-2-4-15(16)19)11-17(24)21-14-8-6-13(10-20)7-9-14/h2-9H,11-12H2,1H3,(H,21,24)(H,22,25)/p+1. The van der Waals surface area contributed by atoms with Crippen LogP contribution in [0.1, 0.15) is 5.56 Å². The molecule has 0 radical (unpaired) electrons. The van der Waals surface area contributed by atoms with E-state index in [2.05, 4.69) is 26.6 Å². The van der Waals surface area contributed by atoms with Crippen molar-refractivity contribution >= 4 is 39.1 Å². The van der Waals surface area contributed by atoms with Gasteiger partial charge >= 0.3 is 0 Å². The van der Waals surface area contributed by atoms with Crippen molar-refractivity contribution in [2.24, 2.45) is 0 Å². The lowest BCUT2D eigenvalue weighted by molar-refractivity contribution is -0.862. The van der Waals surface area contributed by atoms with E-state index >= 15 is 0 Å². The van der Waals surface area contributed by atoms with Crippen LogP contribution in [0, 0.1) is 11.3 Å². The summed E-state index contributed by atoms with van der Waals surface area (Å²) >= 11 is 3.37. The molecule has 0 aliphatic rings. The van der Waals surface area contributed by atoms with Crippen molar-refractivity contribution in [2.45, 2.75) is 0 Å². The number of halogens is 1. The first kappa shape index (κ1) is 18.6. The summed E-state index contributed by atoms with van der Waals surface area (Å²) in [6, 6.07) is 16.0. The normalized spacial score (nSPS) is 11.2. The van der Waals surface area contributed by atoms with Crippen molar-refractivity contribution in [3.8, 4) is 6.07 Å². The molecule has 7 heteroatoms. The summed E-state index contributed by atoms with van der Waals surface area (Å²) in [7, 11) is 1.78. The molecule has 0 bridgehead atoms. The zero-order valence-electron chi connectivity index (χ0n) is 13.7. The molecule has 2 aromatic carbocycles. The second-order valence-corrected chi connectivity index (χ2v) is 6.43. The van der Waals surface area contributed by atoms with Gasteiger partial charge in [0, 0.05) is 10.2 Å². The van der Waals surface area contributed by atoms with Crippen LogP contribution in [0.3, 0.4) is 0 Å². The van der Waals surface area contributed by atoms with Gasteiger partial charge in [0.05, 0.1) is 24.4 Å². The Morgan fingerprint density at radius 3 is 2.24 bits per heavy atom. The molecular weight excluding hydrogens is 384 g/mol. The Morgan fingerprint density at radius 1 is 1.04 bits per heavy atom. The molecule has 3 N–H and O–H groups in total. The Hall–Kier alpha value is -2.69. The number of carbonyl (C=O) groups excluding carboxylic acids is 2. The molecule has 0 aliphatic heterocycles. The lowest BCUT2D eigenvalue weighted by Gasteiger charge is -2.14. The fraction of sp³-hybridized carbons (Fsp3) is 0.167. The van der Waals surface area contributed by atoms with Gasteiger partial charge in [0.1, 0.15) is 0 Å². The molecule has 0 aromatic heterocycles. The number of nitrogens with zero attached hydrogens (tertiary/aromatic N) is 1. The third-order valence-electron chi connectivity index (χ3n) is 3.37. The minimum Gasteiger partial charge on any atom is -0.322 e. The molecule has 0 spiro atoms. The number of carbonyl (C=O) groups is 2. The Labute approximate surface area is 154 Å². The molecule has 2 amide bonds. The van der Waals surface area contributed by atoms with Gasteiger partial charge < -0.3 is 15.5 Å². The smallest absolute Gasteiger partial charge is 0.279 e. The van der Waals surface area contributed by atoms with E-state index in [9.17, 15) is 9.59 Å². The Kier molecular flexibility index (Phi) is 6.69. The van der Waals surface area contributed by atoms with Gasteiger partial charge in [0.25, 0.3) is 11.8 Å². The van der Waals surface area contributed by atoms with Gasteiger partial charge in [0.15, 0.2) is 13.1 Å². The fourth-order valence-electron chi connectivity index (χ4n) is 2.20. The zero-order chi connectivity index (χ0) is 18.2. The van der Waals surface area contributed by atoms with E-state index in [-0.39, 0.29) is 24.9 Å². The van der Waals surface area contributed by atoms with Crippen LogP contribution < -0.4 is 15.5 Å². The number of quaternary nitrogens is 1. The number of hydrogen-bond donors (Lipinski definition) is 3. The van der Waals surface area contributed by atoms with Gasteiger partial charge in [-0.15, -0.1) is 0 Å². The molecule has 128 valence electrons. The van der Waals surface area contributed by atoms with Crippen molar-refractivity contribution in [2.75, 3.05) is 30.8 Å². The summed E-state index contributed by atoms with van der Waals surface area (Å²) in [5, 5.41) is 14.3. The van der Waals surface area contributed by atoms with Crippen molar-refractivity contribution in [1.82, 2.24) is 0 Å². The monoisotopic (exact) mass is 401 g/mol. The van der Waals surface area contributed by atoms with Crippen LogP contribution in [-0.2, 0) is 9.59 Å². The van der Waals surface area contributed by atoms with E-state index in [4.69, 9.17) is 5.26 Å². The highest BCUT2D eigenvalue weighted by Gasteiger charge is 2.15. The number of amides is 2. The highest BCUT2D eigenvalue weighted by atomic mass is 79.9. The molecule has 0 saturated heterocycles. The number of likely N-dealkylation sites (N-methyl/N-ethyl adjacent to an activating group) is 1. The topological polar surface area (TPSA) is 86.4 Å². The maximum atomic E-state index is 12.1. The molecule has 6 nitrogen and oxygen atoms in total. The molecule has 0 heterocycles. The minimum atomic E-state index is -0.198. The summed E-state index contributed by atoms with van der Waals surface area (Å²) in [6.45, 7) is 0.325. The maximum absolute atomic E-state index is 12.1. The van der Waals surface area contributed by atoms with Gasteiger partial charge in [0.2, 0.25) is 0 Å². The number of nitriles is 1. The Balaban J connectivity index is 1.81. The molecule has 0 aliphatic carbocycles. The van der Waals surface area contributed by atoms with Crippen LogP contribution >= 0.6 is 15.9 Å². The highest BCUT2D eigenvalue weighted by molar-refractivity contribution is 9.10. The highest BCUT2D eigenvalue weighted by Crippen LogP contribution is 2.20. The number of anilines is 2. The molecule has 2 rings (SSSR count). The average molecular weight is 402 g/mol. The van der Waals surface area contributed by atoms with Crippen LogP contribution in [0.2, 0.25) is 0 Å². The van der Waals surface area contributed by atoms with E-state index in [1.54, 1.807) is 37.4 Å². The van der Waals surface area contributed by atoms with Crippen molar-refractivity contribution < 1.29 is 14.5 Å². The maximum Gasteiger partial charge on any atom is 0.279 e. The van der Waals surface area contributed by atoms with Crippen LogP contribution in [0.4, 0.5) is 11.4 Å². The second kappa shape index (κ2) is 8.97. The molecule has 0 saturated carbocycles. The summed E-state index contributed by atoms with van der Waals surface area (Å²) in [4.78, 5) is 24.9. The summed E-state index contributed by atoms with van der Waals surface area (Å²) in [5.41, 5.74) is 1.85. The van der Waals surface area contributed by atoms with Crippen molar-refractivity contribution in [1.29, 1.82) is 5.26 Å². The lowest BCUT2D eigenvalue weighted by atomic mass is 10.2. The van der Waals surface area contributed by atoms with Crippen LogP contribution in [0.15, 0.2) is 53.0 Å². The number of benzene rings is 2. The molecule has 0 fully saturated rings. The minimum absolute atomic E-state index is 0.156. The van der Waals surface area contributed by atoms with Gasteiger partial charge in [-0.3, -0.25) is 9.59 Å². The van der Waals surface area contributed by atoms with Gasteiger partial charge in [-0.05, 0) is 52.3 Å². The molecular formula is C18H18BrN4O2+. The summed E-state index contributed by atoms with van der Waals surface area (Å²) < 4.78 is 0.805. The van der Waals surface area contributed by atoms with Gasteiger partial charge in [-0.1, -0.05) is 12.1 Å². The summed E-state index contributed by atoms with van der Waals surface area (Å²) in [6.07, 6.45) is 0. The predicted molar refractivity (Wildman–Crippen MR) is 99.2 cm³/mol. The van der Waals surface area contributed by atoms with Crippen LogP contribution in [0.5, 0.6) is 0 Å².